The van der Waals surface area contributed by atoms with Crippen LogP contribution < -0.4 is 5.73 Å². The van der Waals surface area contributed by atoms with E-state index in [0.717, 1.165) is 36.0 Å². The number of amides is 1. The quantitative estimate of drug-likeness (QED) is 0.867. The summed E-state index contributed by atoms with van der Waals surface area (Å²) in [6.45, 7) is 3.79. The van der Waals surface area contributed by atoms with Gasteiger partial charge in [-0.25, -0.2) is 0 Å². The second kappa shape index (κ2) is 5.44. The van der Waals surface area contributed by atoms with Gasteiger partial charge in [0, 0.05) is 23.2 Å². The van der Waals surface area contributed by atoms with Crippen LogP contribution in [0.1, 0.15) is 40.9 Å². The molecular formula is C16H20N2OS. The van der Waals surface area contributed by atoms with Gasteiger partial charge in [0.25, 0.3) is 5.91 Å². The van der Waals surface area contributed by atoms with E-state index in [1.54, 1.807) is 0 Å². The summed E-state index contributed by atoms with van der Waals surface area (Å²) >= 11 is 1.53. The smallest absolute Gasteiger partial charge is 0.266 e. The molecule has 0 saturated carbocycles. The van der Waals surface area contributed by atoms with Gasteiger partial charge in [0.05, 0.1) is 5.69 Å². The summed E-state index contributed by atoms with van der Waals surface area (Å²) in [7, 11) is 0. The Balaban J connectivity index is 1.96. The van der Waals surface area contributed by atoms with E-state index in [2.05, 4.69) is 13.0 Å². The third-order valence-electron chi connectivity index (χ3n) is 3.97. The maximum Gasteiger partial charge on any atom is 0.266 e. The molecule has 106 valence electrons. The molecule has 0 atom stereocenters. The Morgan fingerprint density at radius 3 is 2.60 bits per heavy atom. The van der Waals surface area contributed by atoms with Gasteiger partial charge in [-0.1, -0.05) is 25.0 Å². The predicted molar refractivity (Wildman–Crippen MR) is 85.3 cm³/mol. The lowest BCUT2D eigenvalue weighted by atomic mass is 10.1. The number of carbonyl (C=O) groups is 1. The fraction of sp³-hybridized carbons (Fsp3) is 0.438. The van der Waals surface area contributed by atoms with Crippen molar-refractivity contribution in [1.29, 1.82) is 0 Å². The van der Waals surface area contributed by atoms with Gasteiger partial charge < -0.3 is 10.6 Å². The van der Waals surface area contributed by atoms with Crippen LogP contribution in [0.3, 0.4) is 0 Å². The molecule has 0 aliphatic carbocycles. The lowest BCUT2D eigenvalue weighted by Crippen LogP contribution is -2.31. The van der Waals surface area contributed by atoms with Crippen molar-refractivity contribution in [3.63, 3.8) is 0 Å². The van der Waals surface area contributed by atoms with Gasteiger partial charge in [0.1, 0.15) is 4.88 Å². The lowest BCUT2D eigenvalue weighted by Gasteiger charge is -2.19. The third kappa shape index (κ3) is 2.40. The number of anilines is 1. The standard InChI is InChI=1S/C16H20N2OS/c1-11-6-7-12-13(10-11)20-15(14(12)17)16(19)18-8-4-2-3-5-9-18/h6-7,10H,2-5,8-9,17H2,1H3. The van der Waals surface area contributed by atoms with Crippen molar-refractivity contribution >= 4 is 33.0 Å². The van der Waals surface area contributed by atoms with Gasteiger partial charge in [0.15, 0.2) is 0 Å². The first-order valence-corrected chi connectivity index (χ1v) is 8.06. The predicted octanol–water partition coefficient (Wildman–Crippen LogP) is 3.81. The molecule has 1 aromatic heterocycles. The summed E-state index contributed by atoms with van der Waals surface area (Å²) in [5.41, 5.74) is 8.05. The Labute approximate surface area is 123 Å². The Morgan fingerprint density at radius 2 is 1.90 bits per heavy atom. The number of hydrogen-bond donors (Lipinski definition) is 1. The van der Waals surface area contributed by atoms with Gasteiger partial charge in [-0.3, -0.25) is 4.79 Å². The van der Waals surface area contributed by atoms with Crippen molar-refractivity contribution in [3.05, 3.63) is 28.6 Å². The van der Waals surface area contributed by atoms with E-state index in [4.69, 9.17) is 5.73 Å². The van der Waals surface area contributed by atoms with Crippen molar-refractivity contribution in [1.82, 2.24) is 4.90 Å². The summed E-state index contributed by atoms with van der Waals surface area (Å²) in [5.74, 6) is 0.114. The number of fused-ring (bicyclic) bond motifs is 1. The van der Waals surface area contributed by atoms with Crippen LogP contribution in [0.4, 0.5) is 5.69 Å². The van der Waals surface area contributed by atoms with Gasteiger partial charge in [-0.15, -0.1) is 11.3 Å². The molecule has 3 rings (SSSR count). The van der Waals surface area contributed by atoms with Crippen LogP contribution in [-0.2, 0) is 0 Å². The molecule has 1 amide bonds. The molecule has 2 aromatic rings. The van der Waals surface area contributed by atoms with Crippen molar-refractivity contribution in [2.45, 2.75) is 32.6 Å². The fourth-order valence-electron chi connectivity index (χ4n) is 2.80. The molecular weight excluding hydrogens is 268 g/mol. The molecule has 3 nitrogen and oxygen atoms in total. The maximum absolute atomic E-state index is 12.7. The summed E-state index contributed by atoms with van der Waals surface area (Å²) in [4.78, 5) is 15.4. The van der Waals surface area contributed by atoms with Crippen LogP contribution >= 0.6 is 11.3 Å². The van der Waals surface area contributed by atoms with E-state index in [1.807, 2.05) is 17.0 Å². The molecule has 1 aliphatic heterocycles. The summed E-state index contributed by atoms with van der Waals surface area (Å²) in [6, 6.07) is 6.18. The molecule has 0 radical (unpaired) electrons. The molecule has 1 aromatic carbocycles. The molecule has 2 N–H and O–H groups in total. The zero-order valence-electron chi connectivity index (χ0n) is 11.8. The van der Waals surface area contributed by atoms with Gasteiger partial charge >= 0.3 is 0 Å². The molecule has 1 aliphatic rings. The first-order valence-electron chi connectivity index (χ1n) is 7.25. The Hall–Kier alpha value is -1.55. The number of thiophene rings is 1. The normalized spacial score (nSPS) is 16.4. The molecule has 20 heavy (non-hydrogen) atoms. The van der Waals surface area contributed by atoms with Crippen LogP contribution in [0.5, 0.6) is 0 Å². The lowest BCUT2D eigenvalue weighted by molar-refractivity contribution is 0.0767. The highest BCUT2D eigenvalue weighted by molar-refractivity contribution is 7.21. The van der Waals surface area contributed by atoms with E-state index >= 15 is 0 Å². The Bertz CT molecular complexity index is 639. The summed E-state index contributed by atoms with van der Waals surface area (Å²) in [6.07, 6.45) is 4.67. The van der Waals surface area contributed by atoms with Crippen molar-refractivity contribution < 1.29 is 4.79 Å². The number of carbonyl (C=O) groups excluding carboxylic acids is 1. The van der Waals surface area contributed by atoms with E-state index in [-0.39, 0.29) is 5.91 Å². The molecule has 2 heterocycles. The minimum Gasteiger partial charge on any atom is -0.397 e. The van der Waals surface area contributed by atoms with Crippen molar-refractivity contribution in [2.24, 2.45) is 0 Å². The van der Waals surface area contributed by atoms with Gasteiger partial charge in [-0.2, -0.15) is 0 Å². The van der Waals surface area contributed by atoms with E-state index in [0.29, 0.717) is 10.6 Å². The summed E-state index contributed by atoms with van der Waals surface area (Å²) < 4.78 is 1.11. The van der Waals surface area contributed by atoms with E-state index in [1.165, 1.54) is 29.7 Å². The average Bonchev–Trinajstić information content (AvgIpc) is 2.65. The minimum absolute atomic E-state index is 0.114. The molecule has 0 spiro atoms. The first kappa shape index (κ1) is 13.4. The third-order valence-corrected chi connectivity index (χ3v) is 5.13. The highest BCUT2D eigenvalue weighted by atomic mass is 32.1. The second-order valence-corrected chi connectivity index (χ2v) is 6.60. The molecule has 4 heteroatoms. The largest absolute Gasteiger partial charge is 0.397 e. The first-order chi connectivity index (χ1) is 9.66. The highest BCUT2D eigenvalue weighted by Crippen LogP contribution is 2.35. The van der Waals surface area contributed by atoms with Crippen LogP contribution in [0, 0.1) is 6.92 Å². The zero-order chi connectivity index (χ0) is 14.1. The monoisotopic (exact) mass is 288 g/mol. The number of nitrogens with two attached hydrogens (primary N) is 1. The SMILES string of the molecule is Cc1ccc2c(N)c(C(=O)N3CCCCCC3)sc2c1. The van der Waals surface area contributed by atoms with Crippen LogP contribution in [0.15, 0.2) is 18.2 Å². The van der Waals surface area contributed by atoms with Crippen LogP contribution in [-0.4, -0.2) is 23.9 Å². The summed E-state index contributed by atoms with van der Waals surface area (Å²) in [5, 5.41) is 1.01. The van der Waals surface area contributed by atoms with Crippen molar-refractivity contribution in [3.8, 4) is 0 Å². The molecule has 0 bridgehead atoms. The second-order valence-electron chi connectivity index (χ2n) is 5.55. The Kier molecular flexibility index (Phi) is 3.66. The Morgan fingerprint density at radius 1 is 1.20 bits per heavy atom. The minimum atomic E-state index is 0.114. The van der Waals surface area contributed by atoms with Crippen LogP contribution in [0.2, 0.25) is 0 Å². The number of rotatable bonds is 1. The van der Waals surface area contributed by atoms with Gasteiger partial charge in [-0.05, 0) is 31.4 Å². The zero-order valence-corrected chi connectivity index (χ0v) is 12.6. The topological polar surface area (TPSA) is 46.3 Å². The number of nitrogen functional groups attached to an aromatic ring is 1. The van der Waals surface area contributed by atoms with E-state index < -0.39 is 0 Å². The maximum atomic E-state index is 12.7. The number of benzene rings is 1. The highest BCUT2D eigenvalue weighted by Gasteiger charge is 2.22. The molecule has 1 fully saturated rings. The molecule has 1 saturated heterocycles. The number of nitrogens with zero attached hydrogens (tertiary/aromatic N) is 1. The number of hydrogen-bond acceptors (Lipinski definition) is 3. The average molecular weight is 288 g/mol. The van der Waals surface area contributed by atoms with Gasteiger partial charge in [0.2, 0.25) is 0 Å². The van der Waals surface area contributed by atoms with Crippen molar-refractivity contribution in [2.75, 3.05) is 18.8 Å². The number of aryl methyl sites for hydroxylation is 1. The van der Waals surface area contributed by atoms with E-state index in [9.17, 15) is 4.79 Å². The van der Waals surface area contributed by atoms with Crippen LogP contribution in [0.25, 0.3) is 10.1 Å². The fourth-order valence-corrected chi connectivity index (χ4v) is 3.99. The number of likely N-dealkylation sites (tertiary alicyclic amines) is 1. The molecule has 0 unspecified atom stereocenters.